The van der Waals surface area contributed by atoms with E-state index in [4.69, 9.17) is 5.21 Å². The Morgan fingerprint density at radius 1 is 1.29 bits per heavy atom. The Morgan fingerprint density at radius 3 is 2.52 bits per heavy atom. The van der Waals surface area contributed by atoms with Gasteiger partial charge in [-0.1, -0.05) is 5.16 Å². The number of nitrogens with zero attached hydrogens (tertiary/aromatic N) is 2. The summed E-state index contributed by atoms with van der Waals surface area (Å²) >= 11 is 3.32. The van der Waals surface area contributed by atoms with Crippen LogP contribution in [0.15, 0.2) is 31.4 Å². The van der Waals surface area contributed by atoms with Crippen molar-refractivity contribution in [1.29, 1.82) is 0 Å². The molecule has 0 fully saturated rings. The van der Waals surface area contributed by atoms with Crippen LogP contribution in [0.1, 0.15) is 16.7 Å². The summed E-state index contributed by atoms with van der Waals surface area (Å²) in [6, 6.07) is 3.49. The van der Waals surface area contributed by atoms with Crippen LogP contribution in [0, 0.1) is 13.8 Å². The number of oxime groups is 1. The number of hydrogen-bond donors (Lipinski definition) is 3. The van der Waals surface area contributed by atoms with E-state index in [1.54, 1.807) is 12.1 Å². The highest BCUT2D eigenvalue weighted by Crippen LogP contribution is 2.26. The van der Waals surface area contributed by atoms with E-state index in [0.29, 0.717) is 10.2 Å². The molecule has 0 amide bonds. The number of H-pyrrole nitrogens is 1. The fourth-order valence-corrected chi connectivity index (χ4v) is 2.51. The molecule has 110 valence electrons. The van der Waals surface area contributed by atoms with Gasteiger partial charge in [0.1, 0.15) is 5.56 Å². The first-order chi connectivity index (χ1) is 9.86. The molecule has 0 aliphatic heterocycles. The fourth-order valence-electron chi connectivity index (χ4n) is 1.87. The van der Waals surface area contributed by atoms with Gasteiger partial charge in [-0.05, 0) is 53.0 Å². The van der Waals surface area contributed by atoms with Crippen molar-refractivity contribution >= 4 is 22.1 Å². The summed E-state index contributed by atoms with van der Waals surface area (Å²) in [6.07, 6.45) is 0.763. The van der Waals surface area contributed by atoms with Gasteiger partial charge in [0.15, 0.2) is 0 Å². The summed E-state index contributed by atoms with van der Waals surface area (Å²) in [6.45, 7) is 3.76. The maximum atomic E-state index is 12.0. The molecule has 0 saturated carbocycles. The van der Waals surface area contributed by atoms with Crippen molar-refractivity contribution in [2.45, 2.75) is 13.8 Å². The maximum absolute atomic E-state index is 12.0. The minimum Gasteiger partial charge on any atom is -0.493 e. The average molecular weight is 354 g/mol. The van der Waals surface area contributed by atoms with Gasteiger partial charge in [0.05, 0.1) is 11.9 Å². The number of aromatic nitrogens is 2. The Bertz CT molecular complexity index is 852. The Hall–Kier alpha value is -2.35. The van der Waals surface area contributed by atoms with Gasteiger partial charge in [-0.15, -0.1) is 0 Å². The summed E-state index contributed by atoms with van der Waals surface area (Å²) in [5.41, 5.74) is 0.317. The predicted molar refractivity (Wildman–Crippen MR) is 80.9 cm³/mol. The van der Waals surface area contributed by atoms with E-state index < -0.39 is 17.1 Å². The zero-order chi connectivity index (χ0) is 15.7. The smallest absolute Gasteiger partial charge is 0.335 e. The lowest BCUT2D eigenvalue weighted by molar-refractivity contribution is 0.321. The fraction of sp³-hybridized carbons (Fsp3) is 0.154. The van der Waals surface area contributed by atoms with Gasteiger partial charge in [0.25, 0.3) is 5.56 Å². The maximum Gasteiger partial charge on any atom is 0.335 e. The lowest BCUT2D eigenvalue weighted by Crippen LogP contribution is -2.31. The van der Waals surface area contributed by atoms with Crippen LogP contribution in [0.4, 0.5) is 0 Å². The number of aromatic amines is 1. The largest absolute Gasteiger partial charge is 0.493 e. The summed E-state index contributed by atoms with van der Waals surface area (Å²) in [5.74, 6) is -0.606. The topological polar surface area (TPSA) is 108 Å². The van der Waals surface area contributed by atoms with Crippen molar-refractivity contribution in [3.05, 3.63) is 54.1 Å². The molecule has 0 bridgehead atoms. The molecule has 0 aliphatic rings. The Kier molecular flexibility index (Phi) is 3.99. The first kappa shape index (κ1) is 15.0. The third-order valence-corrected chi connectivity index (χ3v) is 3.75. The Morgan fingerprint density at radius 2 is 1.90 bits per heavy atom. The van der Waals surface area contributed by atoms with E-state index in [0.717, 1.165) is 21.9 Å². The Balaban J connectivity index is 2.88. The zero-order valence-electron chi connectivity index (χ0n) is 11.2. The third kappa shape index (κ3) is 2.62. The van der Waals surface area contributed by atoms with Gasteiger partial charge in [-0.3, -0.25) is 9.78 Å². The molecule has 21 heavy (non-hydrogen) atoms. The van der Waals surface area contributed by atoms with Gasteiger partial charge in [0, 0.05) is 4.47 Å². The molecule has 1 aromatic carbocycles. The molecule has 0 aliphatic carbocycles. The van der Waals surface area contributed by atoms with Crippen LogP contribution in [0.25, 0.3) is 5.69 Å². The van der Waals surface area contributed by atoms with E-state index in [1.165, 1.54) is 0 Å². The molecule has 2 aromatic rings. The van der Waals surface area contributed by atoms with E-state index >= 15 is 0 Å². The van der Waals surface area contributed by atoms with Crippen molar-refractivity contribution in [1.82, 2.24) is 9.55 Å². The number of aryl methyl sites for hydroxylation is 2. The van der Waals surface area contributed by atoms with Gasteiger partial charge in [-0.25, -0.2) is 9.36 Å². The summed E-state index contributed by atoms with van der Waals surface area (Å²) in [7, 11) is 0. The first-order valence-electron chi connectivity index (χ1n) is 5.89. The zero-order valence-corrected chi connectivity index (χ0v) is 12.8. The molecular formula is C13H12BrN3O4. The summed E-state index contributed by atoms with van der Waals surface area (Å²) in [5, 5.41) is 21.4. The predicted octanol–water partition coefficient (Wildman–Crippen LogP) is 1.42. The molecule has 2 rings (SSSR count). The summed E-state index contributed by atoms with van der Waals surface area (Å²) < 4.78 is 1.50. The third-order valence-electron chi connectivity index (χ3n) is 3.11. The SMILES string of the molecule is Cc1cc(Br)c(-n2c(O)c(C=NO)c(=O)[nH]c2=O)cc1C. The molecule has 0 unspecified atom stereocenters. The molecule has 0 radical (unpaired) electrons. The van der Waals surface area contributed by atoms with Crippen molar-refractivity contribution < 1.29 is 10.3 Å². The summed E-state index contributed by atoms with van der Waals surface area (Å²) in [4.78, 5) is 25.6. The molecule has 0 spiro atoms. The van der Waals surface area contributed by atoms with Crippen LogP contribution in [-0.4, -0.2) is 26.1 Å². The van der Waals surface area contributed by atoms with Crippen LogP contribution >= 0.6 is 15.9 Å². The van der Waals surface area contributed by atoms with Crippen LogP contribution in [-0.2, 0) is 0 Å². The van der Waals surface area contributed by atoms with E-state index in [9.17, 15) is 14.7 Å². The van der Waals surface area contributed by atoms with Gasteiger partial charge >= 0.3 is 5.69 Å². The molecule has 3 N–H and O–H groups in total. The van der Waals surface area contributed by atoms with Crippen molar-refractivity contribution in [2.24, 2.45) is 5.16 Å². The van der Waals surface area contributed by atoms with Crippen LogP contribution in [0.5, 0.6) is 5.88 Å². The number of nitrogens with one attached hydrogen (secondary N) is 1. The molecular weight excluding hydrogens is 342 g/mol. The molecule has 8 heteroatoms. The van der Waals surface area contributed by atoms with E-state index in [1.807, 2.05) is 13.8 Å². The van der Waals surface area contributed by atoms with E-state index in [-0.39, 0.29) is 5.56 Å². The number of benzene rings is 1. The second-order valence-electron chi connectivity index (χ2n) is 4.46. The highest BCUT2D eigenvalue weighted by atomic mass is 79.9. The monoisotopic (exact) mass is 353 g/mol. The highest BCUT2D eigenvalue weighted by molar-refractivity contribution is 9.10. The second kappa shape index (κ2) is 5.57. The van der Waals surface area contributed by atoms with Crippen molar-refractivity contribution in [3.63, 3.8) is 0 Å². The van der Waals surface area contributed by atoms with Crippen LogP contribution in [0.3, 0.4) is 0 Å². The van der Waals surface area contributed by atoms with Gasteiger partial charge in [0.2, 0.25) is 5.88 Å². The minimum atomic E-state index is -0.841. The first-order valence-corrected chi connectivity index (χ1v) is 6.69. The normalized spacial score (nSPS) is 11.2. The Labute approximate surface area is 127 Å². The lowest BCUT2D eigenvalue weighted by atomic mass is 10.1. The molecule has 0 atom stereocenters. The van der Waals surface area contributed by atoms with Crippen molar-refractivity contribution in [2.75, 3.05) is 0 Å². The molecule has 7 nitrogen and oxygen atoms in total. The molecule has 1 heterocycles. The number of aromatic hydroxyl groups is 1. The minimum absolute atomic E-state index is 0.317. The van der Waals surface area contributed by atoms with Crippen LogP contribution in [0.2, 0.25) is 0 Å². The molecule has 1 aromatic heterocycles. The lowest BCUT2D eigenvalue weighted by Gasteiger charge is -2.13. The van der Waals surface area contributed by atoms with Crippen LogP contribution < -0.4 is 11.2 Å². The second-order valence-corrected chi connectivity index (χ2v) is 5.32. The number of halogens is 1. The number of rotatable bonds is 2. The standard InChI is InChI=1S/C13H12BrN3O4/c1-6-3-9(14)10(4-7(6)2)17-12(19)8(5-15-21)11(18)16-13(17)20/h3-5,19,21H,1-2H3,(H,16,18,20). The van der Waals surface area contributed by atoms with Gasteiger partial charge < -0.3 is 10.3 Å². The average Bonchev–Trinajstić information content (AvgIpc) is 2.40. The van der Waals surface area contributed by atoms with E-state index in [2.05, 4.69) is 26.1 Å². The highest BCUT2D eigenvalue weighted by Gasteiger charge is 2.16. The van der Waals surface area contributed by atoms with Crippen molar-refractivity contribution in [3.8, 4) is 11.6 Å². The van der Waals surface area contributed by atoms with Gasteiger partial charge in [-0.2, -0.15) is 0 Å². The number of hydrogen-bond acceptors (Lipinski definition) is 5. The quantitative estimate of drug-likeness (QED) is 0.431. The molecule has 0 saturated heterocycles.